The lowest BCUT2D eigenvalue weighted by Gasteiger charge is -2.07. The van der Waals surface area contributed by atoms with Crippen LogP contribution in [-0.2, 0) is 4.79 Å². The lowest BCUT2D eigenvalue weighted by Crippen LogP contribution is -1.97. The topological polar surface area (TPSA) is 55.8 Å². The molecule has 0 amide bonds. The van der Waals surface area contributed by atoms with E-state index in [0.717, 1.165) is 23.5 Å². The van der Waals surface area contributed by atoms with E-state index in [9.17, 15) is 4.79 Å². The first kappa shape index (κ1) is 11.5. The van der Waals surface area contributed by atoms with E-state index in [1.165, 1.54) is 0 Å². The van der Waals surface area contributed by atoms with Gasteiger partial charge in [0.15, 0.2) is 11.5 Å². The molecule has 1 aliphatic heterocycles. The Balaban J connectivity index is 2.12. The Hall–Kier alpha value is -1.97. The molecule has 0 spiro atoms. The van der Waals surface area contributed by atoms with Gasteiger partial charge in [-0.25, -0.2) is 0 Å². The van der Waals surface area contributed by atoms with Gasteiger partial charge in [0, 0.05) is 6.42 Å². The molecule has 1 aromatic rings. The minimum absolute atomic E-state index is 0.0223. The SMILES string of the molecule is O=C(O)CC=Cc1ccc2c(c1)OCCCO2. The van der Waals surface area contributed by atoms with E-state index >= 15 is 0 Å². The van der Waals surface area contributed by atoms with E-state index in [4.69, 9.17) is 14.6 Å². The lowest BCUT2D eigenvalue weighted by atomic mass is 10.2. The summed E-state index contributed by atoms with van der Waals surface area (Å²) in [4.78, 5) is 10.4. The number of carbonyl (C=O) groups is 1. The van der Waals surface area contributed by atoms with Crippen molar-refractivity contribution in [2.24, 2.45) is 0 Å². The first-order valence-corrected chi connectivity index (χ1v) is 5.54. The molecule has 4 heteroatoms. The number of benzene rings is 1. The summed E-state index contributed by atoms with van der Waals surface area (Å²) < 4.78 is 11.0. The molecular weight excluding hydrogens is 220 g/mol. The Labute approximate surface area is 99.5 Å². The second-order valence-corrected chi connectivity index (χ2v) is 3.76. The first-order valence-electron chi connectivity index (χ1n) is 5.54. The third-order valence-corrected chi connectivity index (χ3v) is 2.37. The number of ether oxygens (including phenoxy) is 2. The van der Waals surface area contributed by atoms with Crippen LogP contribution in [0.2, 0.25) is 0 Å². The fraction of sp³-hybridized carbons (Fsp3) is 0.308. The number of aliphatic carboxylic acids is 1. The van der Waals surface area contributed by atoms with Gasteiger partial charge in [0.05, 0.1) is 19.6 Å². The van der Waals surface area contributed by atoms with E-state index in [1.807, 2.05) is 18.2 Å². The number of hydrogen-bond donors (Lipinski definition) is 1. The summed E-state index contributed by atoms with van der Waals surface area (Å²) in [5, 5.41) is 8.52. The zero-order valence-electron chi connectivity index (χ0n) is 9.39. The Kier molecular flexibility index (Phi) is 3.65. The van der Waals surface area contributed by atoms with Crippen molar-refractivity contribution in [1.29, 1.82) is 0 Å². The number of carboxylic acids is 1. The zero-order valence-corrected chi connectivity index (χ0v) is 9.39. The van der Waals surface area contributed by atoms with Crippen molar-refractivity contribution in [1.82, 2.24) is 0 Å². The molecule has 0 bridgehead atoms. The second kappa shape index (κ2) is 5.39. The van der Waals surface area contributed by atoms with Crippen LogP contribution >= 0.6 is 0 Å². The van der Waals surface area contributed by atoms with Gasteiger partial charge in [-0.15, -0.1) is 0 Å². The molecule has 1 aliphatic rings. The summed E-state index contributed by atoms with van der Waals surface area (Å²) in [5.74, 6) is 0.633. The number of carboxylic acid groups (broad SMARTS) is 1. The van der Waals surface area contributed by atoms with Crippen LogP contribution in [0.4, 0.5) is 0 Å². The molecule has 4 nitrogen and oxygen atoms in total. The van der Waals surface area contributed by atoms with Crippen molar-refractivity contribution >= 4 is 12.0 Å². The van der Waals surface area contributed by atoms with Gasteiger partial charge in [0.1, 0.15) is 0 Å². The Bertz CT molecular complexity index is 437. The average molecular weight is 234 g/mol. The highest BCUT2D eigenvalue weighted by Gasteiger charge is 2.09. The molecule has 0 saturated heterocycles. The predicted octanol–water partition coefficient (Wildman–Crippen LogP) is 2.34. The van der Waals surface area contributed by atoms with Crippen molar-refractivity contribution in [2.75, 3.05) is 13.2 Å². The number of fused-ring (bicyclic) bond motifs is 1. The lowest BCUT2D eigenvalue weighted by molar-refractivity contribution is -0.135. The molecule has 90 valence electrons. The second-order valence-electron chi connectivity index (χ2n) is 3.76. The van der Waals surface area contributed by atoms with E-state index in [0.29, 0.717) is 13.2 Å². The first-order chi connectivity index (χ1) is 8.25. The molecule has 0 saturated carbocycles. The molecule has 1 heterocycles. The fourth-order valence-corrected chi connectivity index (χ4v) is 1.58. The number of hydrogen-bond acceptors (Lipinski definition) is 3. The van der Waals surface area contributed by atoms with Crippen molar-refractivity contribution < 1.29 is 19.4 Å². The number of rotatable bonds is 3. The van der Waals surface area contributed by atoms with Crippen LogP contribution < -0.4 is 9.47 Å². The molecule has 17 heavy (non-hydrogen) atoms. The maximum Gasteiger partial charge on any atom is 0.307 e. The molecule has 0 aliphatic carbocycles. The highest BCUT2D eigenvalue weighted by Crippen LogP contribution is 2.30. The van der Waals surface area contributed by atoms with Gasteiger partial charge in [0.2, 0.25) is 0 Å². The zero-order chi connectivity index (χ0) is 12.1. The van der Waals surface area contributed by atoms with E-state index in [-0.39, 0.29) is 6.42 Å². The molecule has 0 fully saturated rings. The van der Waals surface area contributed by atoms with Crippen LogP contribution in [0.25, 0.3) is 6.08 Å². The third-order valence-electron chi connectivity index (χ3n) is 2.37. The van der Waals surface area contributed by atoms with E-state index in [1.54, 1.807) is 12.2 Å². The summed E-state index contributed by atoms with van der Waals surface area (Å²) in [6.07, 6.45) is 4.28. The van der Waals surface area contributed by atoms with Crippen LogP contribution in [-0.4, -0.2) is 24.3 Å². The maximum absolute atomic E-state index is 10.4. The summed E-state index contributed by atoms with van der Waals surface area (Å²) in [6, 6.07) is 5.59. The van der Waals surface area contributed by atoms with Crippen LogP contribution in [0.15, 0.2) is 24.3 Å². The molecule has 1 aromatic carbocycles. The normalized spacial score (nSPS) is 14.6. The predicted molar refractivity (Wildman–Crippen MR) is 63.3 cm³/mol. The summed E-state index contributed by atoms with van der Waals surface area (Å²) in [5.41, 5.74) is 0.913. The Morgan fingerprint density at radius 2 is 2.06 bits per heavy atom. The highest BCUT2D eigenvalue weighted by atomic mass is 16.5. The maximum atomic E-state index is 10.4. The molecule has 2 rings (SSSR count). The van der Waals surface area contributed by atoms with Gasteiger partial charge in [-0.2, -0.15) is 0 Å². The molecule has 1 N–H and O–H groups in total. The summed E-state index contributed by atoms with van der Waals surface area (Å²) in [6.45, 7) is 1.32. The van der Waals surface area contributed by atoms with Crippen LogP contribution in [0, 0.1) is 0 Å². The minimum Gasteiger partial charge on any atom is -0.490 e. The molecule has 0 atom stereocenters. The van der Waals surface area contributed by atoms with E-state index in [2.05, 4.69) is 0 Å². The van der Waals surface area contributed by atoms with Crippen molar-refractivity contribution in [2.45, 2.75) is 12.8 Å². The van der Waals surface area contributed by atoms with Gasteiger partial charge < -0.3 is 14.6 Å². The van der Waals surface area contributed by atoms with Gasteiger partial charge in [-0.05, 0) is 17.7 Å². The van der Waals surface area contributed by atoms with Crippen LogP contribution in [0.3, 0.4) is 0 Å². The average Bonchev–Trinajstić information content (AvgIpc) is 2.53. The summed E-state index contributed by atoms with van der Waals surface area (Å²) >= 11 is 0. The standard InChI is InChI=1S/C13H14O4/c14-13(15)4-1-3-10-5-6-11-12(9-10)17-8-2-7-16-11/h1,3,5-6,9H,2,4,7-8H2,(H,14,15). The van der Waals surface area contributed by atoms with Crippen molar-refractivity contribution in [3.63, 3.8) is 0 Å². The van der Waals surface area contributed by atoms with Gasteiger partial charge >= 0.3 is 5.97 Å². The smallest absolute Gasteiger partial charge is 0.307 e. The van der Waals surface area contributed by atoms with Crippen LogP contribution in [0.1, 0.15) is 18.4 Å². The molecular formula is C13H14O4. The monoisotopic (exact) mass is 234 g/mol. The largest absolute Gasteiger partial charge is 0.490 e. The van der Waals surface area contributed by atoms with Crippen molar-refractivity contribution in [3.05, 3.63) is 29.8 Å². The Morgan fingerprint density at radius 1 is 1.29 bits per heavy atom. The highest BCUT2D eigenvalue weighted by molar-refractivity contribution is 5.70. The van der Waals surface area contributed by atoms with Crippen molar-refractivity contribution in [3.8, 4) is 11.5 Å². The molecule has 0 radical (unpaired) electrons. The van der Waals surface area contributed by atoms with Gasteiger partial charge in [-0.3, -0.25) is 4.79 Å². The fourth-order valence-electron chi connectivity index (χ4n) is 1.58. The van der Waals surface area contributed by atoms with Gasteiger partial charge in [0.25, 0.3) is 0 Å². The quantitative estimate of drug-likeness (QED) is 0.872. The Morgan fingerprint density at radius 3 is 2.82 bits per heavy atom. The minimum atomic E-state index is -0.837. The molecule has 0 aromatic heterocycles. The summed E-state index contributed by atoms with van der Waals surface area (Å²) in [7, 11) is 0. The van der Waals surface area contributed by atoms with E-state index < -0.39 is 5.97 Å². The van der Waals surface area contributed by atoms with Gasteiger partial charge in [-0.1, -0.05) is 18.2 Å². The molecule has 0 unspecified atom stereocenters. The van der Waals surface area contributed by atoms with Crippen LogP contribution in [0.5, 0.6) is 11.5 Å². The third kappa shape index (κ3) is 3.24.